The van der Waals surface area contributed by atoms with Gasteiger partial charge in [-0.1, -0.05) is 48.5 Å². The van der Waals surface area contributed by atoms with Gasteiger partial charge in [-0.3, -0.25) is 14.9 Å². The van der Waals surface area contributed by atoms with Gasteiger partial charge in [-0.05, 0) is 31.9 Å². The predicted octanol–water partition coefficient (Wildman–Crippen LogP) is 2.74. The Bertz CT molecular complexity index is 851. The van der Waals surface area contributed by atoms with Crippen molar-refractivity contribution < 1.29 is 24.2 Å². The van der Waals surface area contributed by atoms with E-state index in [0.717, 1.165) is 5.56 Å². The van der Waals surface area contributed by atoms with Gasteiger partial charge in [0.15, 0.2) is 0 Å². The number of nitrogens with one attached hydrogen (secondary N) is 1. The Hall–Kier alpha value is -2.86. The SMILES string of the molecule is COC(=O)[C@@H]1C[C@H](C(=O)OC(C)C)N[C@]1(c1ccccc1)c1ccccc1O. The third-order valence-electron chi connectivity index (χ3n) is 5.08. The highest BCUT2D eigenvalue weighted by atomic mass is 16.5. The maximum Gasteiger partial charge on any atom is 0.323 e. The highest BCUT2D eigenvalue weighted by Crippen LogP contribution is 2.47. The molecule has 0 amide bonds. The standard InChI is InChI=1S/C22H25NO5/c1-14(2)28-21(26)18-13-17(20(25)27-3)22(23-18,15-9-5-4-6-10-15)16-11-7-8-12-19(16)24/h4-12,14,17-18,23-24H,13H2,1-3H3/t17-,18+,22+/m0/s1. The van der Waals surface area contributed by atoms with Gasteiger partial charge in [0.05, 0.1) is 24.7 Å². The molecule has 1 aliphatic rings. The van der Waals surface area contributed by atoms with Crippen molar-refractivity contribution >= 4 is 11.9 Å². The molecule has 0 bridgehead atoms. The lowest BCUT2D eigenvalue weighted by molar-refractivity contribution is -0.149. The smallest absolute Gasteiger partial charge is 0.323 e. The van der Waals surface area contributed by atoms with Gasteiger partial charge >= 0.3 is 11.9 Å². The zero-order chi connectivity index (χ0) is 20.3. The van der Waals surface area contributed by atoms with Crippen LogP contribution in [0.3, 0.4) is 0 Å². The van der Waals surface area contributed by atoms with E-state index < -0.39 is 29.4 Å². The zero-order valence-electron chi connectivity index (χ0n) is 16.2. The second kappa shape index (κ2) is 8.02. The number of phenols is 1. The maximum absolute atomic E-state index is 12.8. The molecule has 1 saturated heterocycles. The van der Waals surface area contributed by atoms with Gasteiger partial charge in [0.1, 0.15) is 11.8 Å². The molecule has 0 unspecified atom stereocenters. The molecule has 0 radical (unpaired) electrons. The van der Waals surface area contributed by atoms with Crippen LogP contribution in [0.2, 0.25) is 0 Å². The van der Waals surface area contributed by atoms with Crippen LogP contribution in [0.25, 0.3) is 0 Å². The number of phenolic OH excluding ortho intramolecular Hbond substituents is 1. The number of rotatable bonds is 5. The number of ether oxygens (including phenoxy) is 2. The first-order chi connectivity index (χ1) is 13.4. The molecule has 3 rings (SSSR count). The van der Waals surface area contributed by atoms with Crippen LogP contribution >= 0.6 is 0 Å². The summed E-state index contributed by atoms with van der Waals surface area (Å²) >= 11 is 0. The molecular formula is C22H25NO5. The van der Waals surface area contributed by atoms with E-state index in [2.05, 4.69) is 5.32 Å². The Labute approximate surface area is 164 Å². The molecule has 28 heavy (non-hydrogen) atoms. The summed E-state index contributed by atoms with van der Waals surface area (Å²) in [7, 11) is 1.32. The molecule has 0 aromatic heterocycles. The fourth-order valence-corrected chi connectivity index (χ4v) is 3.95. The first kappa shape index (κ1) is 19.9. The van der Waals surface area contributed by atoms with Gasteiger partial charge in [-0.2, -0.15) is 0 Å². The fourth-order valence-electron chi connectivity index (χ4n) is 3.95. The highest BCUT2D eigenvalue weighted by Gasteiger charge is 2.56. The summed E-state index contributed by atoms with van der Waals surface area (Å²) in [6.07, 6.45) is -0.0794. The van der Waals surface area contributed by atoms with Gasteiger partial charge in [-0.25, -0.2) is 0 Å². The normalized spacial score (nSPS) is 24.1. The van der Waals surface area contributed by atoms with Crippen LogP contribution in [0.1, 0.15) is 31.4 Å². The molecule has 2 N–H and O–H groups in total. The van der Waals surface area contributed by atoms with E-state index >= 15 is 0 Å². The number of aromatic hydroxyl groups is 1. The lowest BCUT2D eigenvalue weighted by Gasteiger charge is -2.36. The first-order valence-corrected chi connectivity index (χ1v) is 9.30. The second-order valence-corrected chi connectivity index (χ2v) is 7.19. The molecular weight excluding hydrogens is 358 g/mol. The maximum atomic E-state index is 12.8. The van der Waals surface area contributed by atoms with E-state index in [1.807, 2.05) is 30.3 Å². The third-order valence-corrected chi connectivity index (χ3v) is 5.08. The number of carbonyl (C=O) groups is 2. The van der Waals surface area contributed by atoms with E-state index in [9.17, 15) is 14.7 Å². The van der Waals surface area contributed by atoms with Crippen LogP contribution in [0.15, 0.2) is 54.6 Å². The van der Waals surface area contributed by atoms with Crippen LogP contribution in [0.4, 0.5) is 0 Å². The topological polar surface area (TPSA) is 84.9 Å². The summed E-state index contributed by atoms with van der Waals surface area (Å²) in [5, 5.41) is 13.9. The van der Waals surface area contributed by atoms with Gasteiger partial charge < -0.3 is 14.6 Å². The molecule has 1 aliphatic heterocycles. The molecule has 3 atom stereocenters. The molecule has 0 saturated carbocycles. The van der Waals surface area contributed by atoms with E-state index in [0.29, 0.717) is 5.56 Å². The summed E-state index contributed by atoms with van der Waals surface area (Å²) < 4.78 is 10.4. The Morgan fingerprint density at radius 1 is 1.07 bits per heavy atom. The molecule has 1 fully saturated rings. The van der Waals surface area contributed by atoms with E-state index in [1.54, 1.807) is 38.1 Å². The van der Waals surface area contributed by atoms with Gasteiger partial charge in [0.25, 0.3) is 0 Å². The van der Waals surface area contributed by atoms with Crippen molar-refractivity contribution in [1.82, 2.24) is 5.32 Å². The molecule has 1 heterocycles. The van der Waals surface area contributed by atoms with Crippen LogP contribution in [0.5, 0.6) is 5.75 Å². The molecule has 0 aliphatic carbocycles. The van der Waals surface area contributed by atoms with E-state index in [-0.39, 0.29) is 18.3 Å². The average Bonchev–Trinajstić information content (AvgIpc) is 3.10. The van der Waals surface area contributed by atoms with Crippen molar-refractivity contribution in [3.63, 3.8) is 0 Å². The monoisotopic (exact) mass is 383 g/mol. The van der Waals surface area contributed by atoms with Gasteiger partial charge in [-0.15, -0.1) is 0 Å². The largest absolute Gasteiger partial charge is 0.508 e. The number of carbonyl (C=O) groups excluding carboxylic acids is 2. The van der Waals surface area contributed by atoms with Crippen molar-refractivity contribution in [2.75, 3.05) is 7.11 Å². The lowest BCUT2D eigenvalue weighted by Crippen LogP contribution is -2.49. The Morgan fingerprint density at radius 2 is 1.71 bits per heavy atom. The Morgan fingerprint density at radius 3 is 2.32 bits per heavy atom. The number of methoxy groups -OCH3 is 1. The summed E-state index contributed by atoms with van der Waals surface area (Å²) in [4.78, 5) is 25.4. The van der Waals surface area contributed by atoms with Crippen molar-refractivity contribution in [3.05, 3.63) is 65.7 Å². The average molecular weight is 383 g/mol. The van der Waals surface area contributed by atoms with Gasteiger partial charge in [0.2, 0.25) is 0 Å². The minimum Gasteiger partial charge on any atom is -0.508 e. The lowest BCUT2D eigenvalue weighted by atomic mass is 9.74. The fraction of sp³-hybridized carbons (Fsp3) is 0.364. The molecule has 2 aromatic rings. The number of hydrogen-bond acceptors (Lipinski definition) is 6. The van der Waals surface area contributed by atoms with Crippen molar-refractivity contribution in [2.45, 2.75) is 38.0 Å². The van der Waals surface area contributed by atoms with Crippen LogP contribution in [-0.2, 0) is 24.6 Å². The second-order valence-electron chi connectivity index (χ2n) is 7.19. The summed E-state index contributed by atoms with van der Waals surface area (Å²) in [5.41, 5.74) is 0.142. The first-order valence-electron chi connectivity index (χ1n) is 9.30. The molecule has 148 valence electrons. The zero-order valence-corrected chi connectivity index (χ0v) is 16.2. The third kappa shape index (κ3) is 3.47. The molecule has 6 heteroatoms. The minimum absolute atomic E-state index is 0.0330. The number of hydrogen-bond donors (Lipinski definition) is 2. The quantitative estimate of drug-likeness (QED) is 0.773. The highest BCUT2D eigenvalue weighted by molar-refractivity contribution is 5.83. The number of benzene rings is 2. The van der Waals surface area contributed by atoms with Crippen LogP contribution in [0, 0.1) is 5.92 Å². The van der Waals surface area contributed by atoms with Crippen molar-refractivity contribution in [2.24, 2.45) is 5.92 Å². The summed E-state index contributed by atoms with van der Waals surface area (Å²) in [6.45, 7) is 3.55. The number of para-hydroxylation sites is 1. The Kier molecular flexibility index (Phi) is 5.70. The van der Waals surface area contributed by atoms with E-state index in [4.69, 9.17) is 9.47 Å². The number of esters is 2. The summed E-state index contributed by atoms with van der Waals surface area (Å²) in [6, 6.07) is 15.4. The molecule has 6 nitrogen and oxygen atoms in total. The Balaban J connectivity index is 2.19. The van der Waals surface area contributed by atoms with Gasteiger partial charge in [0, 0.05) is 5.56 Å². The van der Waals surface area contributed by atoms with Crippen molar-refractivity contribution in [1.29, 1.82) is 0 Å². The molecule has 2 aromatic carbocycles. The summed E-state index contributed by atoms with van der Waals surface area (Å²) in [5.74, 6) is -1.58. The minimum atomic E-state index is -1.12. The van der Waals surface area contributed by atoms with E-state index in [1.165, 1.54) is 7.11 Å². The van der Waals surface area contributed by atoms with Crippen LogP contribution in [-0.4, -0.2) is 36.3 Å². The van der Waals surface area contributed by atoms with Crippen LogP contribution < -0.4 is 5.32 Å². The predicted molar refractivity (Wildman–Crippen MR) is 104 cm³/mol. The van der Waals surface area contributed by atoms with Crippen molar-refractivity contribution in [3.8, 4) is 5.75 Å². The molecule has 0 spiro atoms.